The molecule has 2 aromatic rings. The van der Waals surface area contributed by atoms with Crippen molar-refractivity contribution in [1.29, 1.82) is 0 Å². The van der Waals surface area contributed by atoms with Crippen LogP contribution in [-0.2, 0) is 4.74 Å². The van der Waals surface area contributed by atoms with Gasteiger partial charge in [-0.3, -0.25) is 0 Å². The second kappa shape index (κ2) is 4.79. The molecule has 1 N–H and O–H groups in total. The predicted molar refractivity (Wildman–Crippen MR) is 61.5 cm³/mol. The first-order valence-corrected chi connectivity index (χ1v) is 5.07. The zero-order chi connectivity index (χ0) is 13.1. The molecule has 6 heteroatoms. The van der Waals surface area contributed by atoms with Crippen molar-refractivity contribution in [3.8, 4) is 22.8 Å². The highest BCUT2D eigenvalue weighted by Crippen LogP contribution is 2.32. The SMILES string of the molecule is COC(=O)c1conc1-c1ccc(O)c(OC)c1. The lowest BCUT2D eigenvalue weighted by molar-refractivity contribution is 0.0600. The quantitative estimate of drug-likeness (QED) is 0.836. The molecule has 6 nitrogen and oxygen atoms in total. The minimum Gasteiger partial charge on any atom is -0.504 e. The maximum absolute atomic E-state index is 11.5. The fraction of sp³-hybridized carbons (Fsp3) is 0.167. The number of phenols is 1. The third-order valence-electron chi connectivity index (χ3n) is 2.43. The van der Waals surface area contributed by atoms with Crippen molar-refractivity contribution >= 4 is 5.97 Å². The highest BCUT2D eigenvalue weighted by Gasteiger charge is 2.18. The van der Waals surface area contributed by atoms with Gasteiger partial charge in [0.15, 0.2) is 11.5 Å². The van der Waals surface area contributed by atoms with Gasteiger partial charge >= 0.3 is 5.97 Å². The number of hydrogen-bond acceptors (Lipinski definition) is 6. The molecule has 0 spiro atoms. The third kappa shape index (κ3) is 2.00. The van der Waals surface area contributed by atoms with Crippen molar-refractivity contribution in [2.45, 2.75) is 0 Å². The van der Waals surface area contributed by atoms with E-state index in [1.165, 1.54) is 26.5 Å². The molecule has 18 heavy (non-hydrogen) atoms. The Labute approximate surface area is 103 Å². The predicted octanol–water partition coefficient (Wildman–Crippen LogP) is 1.84. The van der Waals surface area contributed by atoms with E-state index in [1.807, 2.05) is 0 Å². The number of hydrogen-bond donors (Lipinski definition) is 1. The summed E-state index contributed by atoms with van der Waals surface area (Å²) in [5, 5.41) is 13.2. The minimum atomic E-state index is -0.543. The number of nitrogens with zero attached hydrogens (tertiary/aromatic N) is 1. The molecule has 0 amide bonds. The molecule has 0 saturated carbocycles. The number of ether oxygens (including phenoxy) is 2. The summed E-state index contributed by atoms with van der Waals surface area (Å²) in [5.74, 6) is -0.256. The Morgan fingerprint density at radius 1 is 1.39 bits per heavy atom. The van der Waals surface area contributed by atoms with E-state index in [0.717, 1.165) is 0 Å². The fourth-order valence-electron chi connectivity index (χ4n) is 1.52. The van der Waals surface area contributed by atoms with E-state index in [4.69, 9.17) is 9.26 Å². The van der Waals surface area contributed by atoms with Crippen LogP contribution in [0.1, 0.15) is 10.4 Å². The topological polar surface area (TPSA) is 81.8 Å². The summed E-state index contributed by atoms with van der Waals surface area (Å²) in [5.41, 5.74) is 1.13. The van der Waals surface area contributed by atoms with E-state index in [-0.39, 0.29) is 17.1 Å². The molecule has 2 rings (SSSR count). The van der Waals surface area contributed by atoms with E-state index in [0.29, 0.717) is 11.3 Å². The molecule has 0 atom stereocenters. The van der Waals surface area contributed by atoms with E-state index in [1.54, 1.807) is 12.1 Å². The zero-order valence-corrected chi connectivity index (χ0v) is 9.84. The van der Waals surface area contributed by atoms with Crippen molar-refractivity contribution in [1.82, 2.24) is 5.16 Å². The lowest BCUT2D eigenvalue weighted by atomic mass is 10.1. The molecule has 1 heterocycles. The van der Waals surface area contributed by atoms with Gasteiger partial charge in [0.25, 0.3) is 0 Å². The van der Waals surface area contributed by atoms with Crippen molar-refractivity contribution in [3.63, 3.8) is 0 Å². The van der Waals surface area contributed by atoms with Crippen LogP contribution in [0.15, 0.2) is 29.0 Å². The monoisotopic (exact) mass is 249 g/mol. The largest absolute Gasteiger partial charge is 0.504 e. The average molecular weight is 249 g/mol. The van der Waals surface area contributed by atoms with Crippen LogP contribution in [0.25, 0.3) is 11.3 Å². The summed E-state index contributed by atoms with van der Waals surface area (Å²) in [6.07, 6.45) is 1.21. The van der Waals surface area contributed by atoms with Crippen molar-refractivity contribution in [3.05, 3.63) is 30.0 Å². The summed E-state index contributed by atoms with van der Waals surface area (Å²) in [4.78, 5) is 11.5. The lowest BCUT2D eigenvalue weighted by Gasteiger charge is -2.05. The Balaban J connectivity index is 2.49. The van der Waals surface area contributed by atoms with Gasteiger partial charge in [-0.2, -0.15) is 0 Å². The van der Waals surface area contributed by atoms with Gasteiger partial charge < -0.3 is 19.1 Å². The Hall–Kier alpha value is -2.50. The van der Waals surface area contributed by atoms with Crippen LogP contribution in [0.5, 0.6) is 11.5 Å². The molecule has 0 fully saturated rings. The minimum absolute atomic E-state index is 0.00404. The third-order valence-corrected chi connectivity index (χ3v) is 2.43. The highest BCUT2D eigenvalue weighted by atomic mass is 16.5. The van der Waals surface area contributed by atoms with Crippen LogP contribution in [0.2, 0.25) is 0 Å². The zero-order valence-electron chi connectivity index (χ0n) is 9.84. The van der Waals surface area contributed by atoms with E-state index in [9.17, 15) is 9.90 Å². The number of aromatic nitrogens is 1. The number of benzene rings is 1. The van der Waals surface area contributed by atoms with Gasteiger partial charge in [0.05, 0.1) is 14.2 Å². The van der Waals surface area contributed by atoms with Crippen LogP contribution >= 0.6 is 0 Å². The van der Waals surface area contributed by atoms with Crippen molar-refractivity contribution in [2.75, 3.05) is 14.2 Å². The normalized spacial score (nSPS) is 10.1. The first-order valence-electron chi connectivity index (χ1n) is 5.07. The standard InChI is InChI=1S/C12H11NO5/c1-16-10-5-7(3-4-9(10)14)11-8(6-18-13-11)12(15)17-2/h3-6,14H,1-2H3. The van der Waals surface area contributed by atoms with E-state index < -0.39 is 5.97 Å². The smallest absolute Gasteiger partial charge is 0.343 e. The van der Waals surface area contributed by atoms with E-state index >= 15 is 0 Å². The number of aromatic hydroxyl groups is 1. The molecule has 94 valence electrons. The van der Waals surface area contributed by atoms with Crippen LogP contribution in [0.3, 0.4) is 0 Å². The molecule has 0 saturated heterocycles. The first-order chi connectivity index (χ1) is 8.67. The van der Waals surface area contributed by atoms with Crippen LogP contribution in [0, 0.1) is 0 Å². The molecule has 1 aromatic carbocycles. The van der Waals surface area contributed by atoms with Gasteiger partial charge in [0, 0.05) is 5.56 Å². The number of rotatable bonds is 3. The highest BCUT2D eigenvalue weighted by molar-refractivity contribution is 5.95. The molecular formula is C12H11NO5. The second-order valence-electron chi connectivity index (χ2n) is 3.46. The summed E-state index contributed by atoms with van der Waals surface area (Å²) in [6, 6.07) is 4.60. The van der Waals surface area contributed by atoms with Crippen LogP contribution in [-0.4, -0.2) is 30.5 Å². The molecule has 0 aliphatic heterocycles. The number of carbonyl (C=O) groups excluding carboxylic acids is 1. The average Bonchev–Trinajstić information content (AvgIpc) is 2.87. The maximum Gasteiger partial charge on any atom is 0.343 e. The molecule has 0 aliphatic carbocycles. The van der Waals surface area contributed by atoms with E-state index in [2.05, 4.69) is 9.89 Å². The molecule has 0 aliphatic rings. The molecule has 0 bridgehead atoms. The molecule has 0 radical (unpaired) electrons. The second-order valence-corrected chi connectivity index (χ2v) is 3.46. The van der Waals surface area contributed by atoms with Crippen LogP contribution in [0.4, 0.5) is 0 Å². The molecular weight excluding hydrogens is 238 g/mol. The van der Waals surface area contributed by atoms with Gasteiger partial charge in [-0.15, -0.1) is 0 Å². The van der Waals surface area contributed by atoms with Gasteiger partial charge in [0.2, 0.25) is 0 Å². The van der Waals surface area contributed by atoms with Crippen molar-refractivity contribution < 1.29 is 23.9 Å². The molecule has 0 unspecified atom stereocenters. The Morgan fingerprint density at radius 3 is 2.83 bits per heavy atom. The number of methoxy groups -OCH3 is 2. The van der Waals surface area contributed by atoms with Gasteiger partial charge in [-0.05, 0) is 18.2 Å². The Bertz CT molecular complexity index is 576. The fourth-order valence-corrected chi connectivity index (χ4v) is 1.52. The number of phenolic OH excluding ortho intramolecular Hbond substituents is 1. The summed E-state index contributed by atoms with van der Waals surface area (Å²) < 4.78 is 14.4. The van der Waals surface area contributed by atoms with Crippen molar-refractivity contribution in [2.24, 2.45) is 0 Å². The van der Waals surface area contributed by atoms with Gasteiger partial charge in [-0.25, -0.2) is 4.79 Å². The summed E-state index contributed by atoms with van der Waals surface area (Å²) in [6.45, 7) is 0. The number of carbonyl (C=O) groups is 1. The summed E-state index contributed by atoms with van der Waals surface area (Å²) in [7, 11) is 2.71. The molecule has 1 aromatic heterocycles. The van der Waals surface area contributed by atoms with Gasteiger partial charge in [0.1, 0.15) is 17.5 Å². The number of esters is 1. The van der Waals surface area contributed by atoms with Crippen LogP contribution < -0.4 is 4.74 Å². The van der Waals surface area contributed by atoms with Gasteiger partial charge in [-0.1, -0.05) is 5.16 Å². The maximum atomic E-state index is 11.5. The Morgan fingerprint density at radius 2 is 2.17 bits per heavy atom. The lowest BCUT2D eigenvalue weighted by Crippen LogP contribution is -2.01. The first kappa shape index (κ1) is 12.0. The summed E-state index contributed by atoms with van der Waals surface area (Å²) >= 11 is 0. The Kier molecular flexibility index (Phi) is 3.18.